The fourth-order valence-corrected chi connectivity index (χ4v) is 3.89. The molecule has 0 fully saturated rings. The van der Waals surface area contributed by atoms with Gasteiger partial charge in [-0.15, -0.1) is 0 Å². The molecule has 0 atom stereocenters. The molecule has 0 aliphatic rings. The topological polar surface area (TPSA) is 71.1 Å². The number of aryl methyl sites for hydroxylation is 3. The Kier molecular flexibility index (Phi) is 4.95. The molecule has 0 unspecified atom stereocenters. The van der Waals surface area contributed by atoms with Crippen molar-refractivity contribution in [3.63, 3.8) is 0 Å². The van der Waals surface area contributed by atoms with Crippen molar-refractivity contribution < 1.29 is 8.42 Å². The Balaban J connectivity index is 1.75. The van der Waals surface area contributed by atoms with E-state index in [1.54, 1.807) is 31.2 Å². The molecule has 1 aromatic heterocycles. The molecule has 0 bridgehead atoms. The van der Waals surface area contributed by atoms with E-state index in [1.807, 2.05) is 44.2 Å². The zero-order valence-corrected chi connectivity index (χ0v) is 15.8. The maximum atomic E-state index is 12.6. The maximum Gasteiger partial charge on any atom is 0.262 e. The number of nitrogens with zero attached hydrogens (tertiary/aromatic N) is 1. The summed E-state index contributed by atoms with van der Waals surface area (Å²) in [6.45, 7) is 5.74. The first-order valence-corrected chi connectivity index (χ1v) is 9.72. The minimum absolute atomic E-state index is 0.268. The Morgan fingerprint density at radius 3 is 2.08 bits per heavy atom. The molecule has 26 heavy (non-hydrogen) atoms. The smallest absolute Gasteiger partial charge is 0.262 e. The van der Waals surface area contributed by atoms with E-state index in [4.69, 9.17) is 0 Å². The van der Waals surface area contributed by atoms with Gasteiger partial charge in [0.1, 0.15) is 5.82 Å². The van der Waals surface area contributed by atoms with Gasteiger partial charge in [0, 0.05) is 5.69 Å². The van der Waals surface area contributed by atoms with Gasteiger partial charge in [0.2, 0.25) is 0 Å². The van der Waals surface area contributed by atoms with Crippen LogP contribution < -0.4 is 10.0 Å². The average molecular weight is 367 g/mol. The van der Waals surface area contributed by atoms with Crippen LogP contribution in [0, 0.1) is 20.8 Å². The highest BCUT2D eigenvalue weighted by atomic mass is 32.2. The highest BCUT2D eigenvalue weighted by Gasteiger charge is 2.17. The quantitative estimate of drug-likeness (QED) is 0.694. The highest BCUT2D eigenvalue weighted by molar-refractivity contribution is 7.92. The van der Waals surface area contributed by atoms with Gasteiger partial charge in [0.25, 0.3) is 10.0 Å². The summed E-state index contributed by atoms with van der Waals surface area (Å²) in [5.74, 6) is 0.642. The molecule has 2 aromatic carbocycles. The molecule has 0 radical (unpaired) electrons. The summed E-state index contributed by atoms with van der Waals surface area (Å²) < 4.78 is 27.7. The lowest BCUT2D eigenvalue weighted by molar-refractivity contribution is 0.600. The molecule has 1 heterocycles. The third-order valence-corrected chi connectivity index (χ3v) is 5.50. The van der Waals surface area contributed by atoms with Gasteiger partial charge < -0.3 is 5.32 Å². The summed E-state index contributed by atoms with van der Waals surface area (Å²) in [6.07, 6.45) is 1.50. The van der Waals surface area contributed by atoms with Crippen molar-refractivity contribution in [3.05, 3.63) is 77.5 Å². The summed E-state index contributed by atoms with van der Waals surface area (Å²) in [7, 11) is -3.65. The van der Waals surface area contributed by atoms with Crippen LogP contribution in [0.3, 0.4) is 0 Å². The van der Waals surface area contributed by atoms with Crippen LogP contribution in [-0.2, 0) is 10.0 Å². The monoisotopic (exact) mass is 367 g/mol. The highest BCUT2D eigenvalue weighted by Crippen LogP contribution is 2.21. The van der Waals surface area contributed by atoms with Gasteiger partial charge in [-0.3, -0.25) is 4.72 Å². The second kappa shape index (κ2) is 7.17. The number of rotatable bonds is 5. The molecule has 0 amide bonds. The molecular formula is C20H21N3O2S. The average Bonchev–Trinajstić information content (AvgIpc) is 2.58. The summed E-state index contributed by atoms with van der Waals surface area (Å²) in [4.78, 5) is 4.54. The largest absolute Gasteiger partial charge is 0.340 e. The van der Waals surface area contributed by atoms with Gasteiger partial charge in [-0.25, -0.2) is 13.4 Å². The zero-order valence-electron chi connectivity index (χ0n) is 14.9. The molecule has 134 valence electrons. The van der Waals surface area contributed by atoms with E-state index in [0.717, 1.165) is 11.3 Å². The Labute approximate surface area is 154 Å². The van der Waals surface area contributed by atoms with Gasteiger partial charge >= 0.3 is 0 Å². The lowest BCUT2D eigenvalue weighted by Gasteiger charge is -2.11. The van der Waals surface area contributed by atoms with Crippen molar-refractivity contribution in [1.82, 2.24) is 4.98 Å². The van der Waals surface area contributed by atoms with Crippen molar-refractivity contribution in [3.8, 4) is 0 Å². The number of benzene rings is 2. The van der Waals surface area contributed by atoms with Crippen molar-refractivity contribution in [2.24, 2.45) is 0 Å². The zero-order chi connectivity index (χ0) is 18.7. The first-order chi connectivity index (χ1) is 12.3. The molecule has 0 saturated heterocycles. The van der Waals surface area contributed by atoms with E-state index >= 15 is 0 Å². The molecule has 5 nitrogen and oxygen atoms in total. The first kappa shape index (κ1) is 17.9. The van der Waals surface area contributed by atoms with Gasteiger partial charge in [0.15, 0.2) is 0 Å². The number of anilines is 3. The van der Waals surface area contributed by atoms with Gasteiger partial charge in [-0.2, -0.15) is 0 Å². The van der Waals surface area contributed by atoms with Crippen LogP contribution in [-0.4, -0.2) is 13.4 Å². The van der Waals surface area contributed by atoms with Crippen molar-refractivity contribution in [2.45, 2.75) is 25.7 Å². The first-order valence-electron chi connectivity index (χ1n) is 8.23. The maximum absolute atomic E-state index is 12.6. The Morgan fingerprint density at radius 1 is 0.808 bits per heavy atom. The van der Waals surface area contributed by atoms with Crippen LogP contribution in [0.25, 0.3) is 0 Å². The third kappa shape index (κ3) is 4.21. The van der Waals surface area contributed by atoms with Crippen LogP contribution in [0.15, 0.2) is 65.7 Å². The summed E-state index contributed by atoms with van der Waals surface area (Å²) in [5.41, 5.74) is 4.25. The fourth-order valence-electron chi connectivity index (χ4n) is 2.62. The fraction of sp³-hybridized carbons (Fsp3) is 0.150. The number of nitrogens with one attached hydrogen (secondary N) is 2. The van der Waals surface area contributed by atoms with Gasteiger partial charge in [-0.05, 0) is 56.7 Å². The third-order valence-electron chi connectivity index (χ3n) is 3.96. The van der Waals surface area contributed by atoms with E-state index in [2.05, 4.69) is 15.0 Å². The van der Waals surface area contributed by atoms with E-state index < -0.39 is 10.0 Å². The normalized spacial score (nSPS) is 11.2. The SMILES string of the molecule is Cc1ccc(Nc2ccc(NS(=O)(=O)c3ccc(C)cc3C)cn2)cc1. The van der Waals surface area contributed by atoms with Crippen molar-refractivity contribution >= 4 is 27.2 Å². The van der Waals surface area contributed by atoms with Gasteiger partial charge in [-0.1, -0.05) is 35.4 Å². The molecule has 0 aliphatic heterocycles. The number of hydrogen-bond acceptors (Lipinski definition) is 4. The second-order valence-electron chi connectivity index (χ2n) is 6.30. The summed E-state index contributed by atoms with van der Waals surface area (Å²) >= 11 is 0. The lowest BCUT2D eigenvalue weighted by Crippen LogP contribution is -2.14. The predicted octanol–water partition coefficient (Wildman–Crippen LogP) is 4.55. The summed E-state index contributed by atoms with van der Waals surface area (Å²) in [6, 6.07) is 16.6. The Bertz CT molecular complexity index is 1010. The lowest BCUT2D eigenvalue weighted by atomic mass is 10.2. The number of hydrogen-bond donors (Lipinski definition) is 2. The van der Waals surface area contributed by atoms with Crippen LogP contribution in [0.5, 0.6) is 0 Å². The standard InChI is InChI=1S/C20H21N3O2S/c1-14-4-7-17(8-5-14)22-20-11-9-18(13-21-20)23-26(24,25)19-10-6-15(2)12-16(19)3/h4-13,23H,1-3H3,(H,21,22). The molecule has 2 N–H and O–H groups in total. The Morgan fingerprint density at radius 2 is 1.46 bits per heavy atom. The minimum Gasteiger partial charge on any atom is -0.340 e. The Hall–Kier alpha value is -2.86. The minimum atomic E-state index is -3.65. The number of sulfonamides is 1. The predicted molar refractivity (Wildman–Crippen MR) is 105 cm³/mol. The van der Waals surface area contributed by atoms with Crippen LogP contribution in [0.2, 0.25) is 0 Å². The van der Waals surface area contributed by atoms with E-state index in [9.17, 15) is 8.42 Å². The molecule has 0 spiro atoms. The molecular weight excluding hydrogens is 346 g/mol. The number of aromatic nitrogens is 1. The molecule has 0 saturated carbocycles. The van der Waals surface area contributed by atoms with E-state index in [1.165, 1.54) is 11.8 Å². The molecule has 6 heteroatoms. The van der Waals surface area contributed by atoms with Crippen LogP contribution in [0.4, 0.5) is 17.2 Å². The second-order valence-corrected chi connectivity index (χ2v) is 7.95. The molecule has 3 rings (SSSR count). The molecule has 0 aliphatic carbocycles. The van der Waals surface area contributed by atoms with E-state index in [0.29, 0.717) is 17.1 Å². The van der Waals surface area contributed by atoms with Crippen LogP contribution in [0.1, 0.15) is 16.7 Å². The van der Waals surface area contributed by atoms with Crippen molar-refractivity contribution in [1.29, 1.82) is 0 Å². The van der Waals surface area contributed by atoms with Crippen LogP contribution >= 0.6 is 0 Å². The summed E-state index contributed by atoms with van der Waals surface area (Å²) in [5, 5.41) is 3.18. The number of pyridine rings is 1. The molecule has 3 aromatic rings. The van der Waals surface area contributed by atoms with Gasteiger partial charge in [0.05, 0.1) is 16.8 Å². The van der Waals surface area contributed by atoms with Crippen molar-refractivity contribution in [2.75, 3.05) is 10.0 Å². The van der Waals surface area contributed by atoms with E-state index in [-0.39, 0.29) is 4.90 Å².